The van der Waals surface area contributed by atoms with Crippen LogP contribution in [0.3, 0.4) is 0 Å². The van der Waals surface area contributed by atoms with Crippen LogP contribution in [0.2, 0.25) is 0 Å². The summed E-state index contributed by atoms with van der Waals surface area (Å²) in [4.78, 5) is 11.5. The van der Waals surface area contributed by atoms with Crippen molar-refractivity contribution in [1.82, 2.24) is 5.32 Å². The summed E-state index contributed by atoms with van der Waals surface area (Å²) in [5, 5.41) is 5.57. The SMILES string of the molecule is COc1cccc(NC(=O)NCCC(C)C)c1. The Morgan fingerprint density at radius 1 is 1.41 bits per heavy atom. The molecule has 1 rings (SSSR count). The van der Waals surface area contributed by atoms with Crippen molar-refractivity contribution < 1.29 is 9.53 Å². The molecule has 0 bridgehead atoms. The Balaban J connectivity index is 2.39. The molecular formula is C13H20N2O2. The summed E-state index contributed by atoms with van der Waals surface area (Å²) in [6, 6.07) is 7.09. The van der Waals surface area contributed by atoms with Gasteiger partial charge in [0.25, 0.3) is 0 Å². The van der Waals surface area contributed by atoms with Gasteiger partial charge in [0.05, 0.1) is 7.11 Å². The number of anilines is 1. The fourth-order valence-corrected chi connectivity index (χ4v) is 1.35. The predicted molar refractivity (Wildman–Crippen MR) is 69.5 cm³/mol. The topological polar surface area (TPSA) is 50.4 Å². The molecule has 4 heteroatoms. The van der Waals surface area contributed by atoms with Gasteiger partial charge >= 0.3 is 6.03 Å². The van der Waals surface area contributed by atoms with Crippen LogP contribution in [0.5, 0.6) is 5.75 Å². The highest BCUT2D eigenvalue weighted by Crippen LogP contribution is 2.16. The van der Waals surface area contributed by atoms with E-state index in [1.54, 1.807) is 13.2 Å². The molecule has 2 N–H and O–H groups in total. The lowest BCUT2D eigenvalue weighted by Gasteiger charge is -2.09. The molecule has 2 amide bonds. The normalized spacial score (nSPS) is 10.1. The molecule has 0 aromatic heterocycles. The van der Waals surface area contributed by atoms with Gasteiger partial charge in [0.15, 0.2) is 0 Å². The Hall–Kier alpha value is -1.71. The van der Waals surface area contributed by atoms with Crippen molar-refractivity contribution in [2.75, 3.05) is 19.0 Å². The van der Waals surface area contributed by atoms with Crippen LogP contribution in [0, 0.1) is 5.92 Å². The third kappa shape index (κ3) is 5.24. The number of nitrogens with one attached hydrogen (secondary N) is 2. The first-order valence-corrected chi connectivity index (χ1v) is 5.80. The predicted octanol–water partition coefficient (Wildman–Crippen LogP) is 2.86. The minimum Gasteiger partial charge on any atom is -0.497 e. The molecule has 0 unspecified atom stereocenters. The van der Waals surface area contributed by atoms with Crippen LogP contribution in [0.1, 0.15) is 20.3 Å². The number of rotatable bonds is 5. The Morgan fingerprint density at radius 3 is 2.82 bits per heavy atom. The zero-order chi connectivity index (χ0) is 12.7. The van der Waals surface area contributed by atoms with E-state index in [2.05, 4.69) is 24.5 Å². The molecule has 0 fully saturated rings. The Kier molecular flexibility index (Phi) is 5.33. The van der Waals surface area contributed by atoms with Gasteiger partial charge in [-0.3, -0.25) is 0 Å². The van der Waals surface area contributed by atoms with Crippen LogP contribution in [-0.2, 0) is 0 Å². The number of hydrogen-bond acceptors (Lipinski definition) is 2. The lowest BCUT2D eigenvalue weighted by molar-refractivity contribution is 0.251. The minimum absolute atomic E-state index is 0.182. The van der Waals surface area contributed by atoms with Gasteiger partial charge in [-0.05, 0) is 24.5 Å². The Bertz CT molecular complexity index is 364. The van der Waals surface area contributed by atoms with E-state index < -0.39 is 0 Å². The van der Waals surface area contributed by atoms with Crippen molar-refractivity contribution in [2.24, 2.45) is 5.92 Å². The molecule has 0 saturated carbocycles. The molecule has 0 heterocycles. The molecule has 0 radical (unpaired) electrons. The third-order valence-electron chi connectivity index (χ3n) is 2.33. The molecule has 1 aromatic carbocycles. The Morgan fingerprint density at radius 2 is 2.18 bits per heavy atom. The molecule has 0 aliphatic rings. The van der Waals surface area contributed by atoms with Gasteiger partial charge in [-0.2, -0.15) is 0 Å². The molecule has 0 saturated heterocycles. The van der Waals surface area contributed by atoms with Crippen LogP contribution < -0.4 is 15.4 Å². The fraction of sp³-hybridized carbons (Fsp3) is 0.462. The van der Waals surface area contributed by atoms with Gasteiger partial charge in [-0.25, -0.2) is 4.79 Å². The summed E-state index contributed by atoms with van der Waals surface area (Å²) in [5.74, 6) is 1.32. The van der Waals surface area contributed by atoms with Crippen molar-refractivity contribution >= 4 is 11.7 Å². The van der Waals surface area contributed by atoms with Crippen LogP contribution >= 0.6 is 0 Å². The zero-order valence-electron chi connectivity index (χ0n) is 10.6. The molecule has 0 aliphatic heterocycles. The van der Waals surface area contributed by atoms with E-state index in [9.17, 15) is 4.79 Å². The number of urea groups is 1. The average Bonchev–Trinajstić information content (AvgIpc) is 2.28. The zero-order valence-corrected chi connectivity index (χ0v) is 10.6. The Labute approximate surface area is 102 Å². The highest BCUT2D eigenvalue weighted by atomic mass is 16.5. The largest absolute Gasteiger partial charge is 0.497 e. The van der Waals surface area contributed by atoms with Crippen LogP contribution in [0.25, 0.3) is 0 Å². The van der Waals surface area contributed by atoms with E-state index in [0.717, 1.165) is 17.9 Å². The number of methoxy groups -OCH3 is 1. The summed E-state index contributed by atoms with van der Waals surface area (Å²) in [7, 11) is 1.60. The maximum absolute atomic E-state index is 11.5. The van der Waals surface area contributed by atoms with Gasteiger partial charge in [0.2, 0.25) is 0 Å². The van der Waals surface area contributed by atoms with Crippen LogP contribution in [0.4, 0.5) is 10.5 Å². The fourth-order valence-electron chi connectivity index (χ4n) is 1.35. The summed E-state index contributed by atoms with van der Waals surface area (Å²) in [6.07, 6.45) is 0.978. The van der Waals surface area contributed by atoms with Gasteiger partial charge < -0.3 is 15.4 Å². The van der Waals surface area contributed by atoms with Crippen molar-refractivity contribution in [1.29, 1.82) is 0 Å². The van der Waals surface area contributed by atoms with Gasteiger partial charge in [-0.15, -0.1) is 0 Å². The van der Waals surface area contributed by atoms with Crippen LogP contribution in [-0.4, -0.2) is 19.7 Å². The number of ether oxygens (including phenoxy) is 1. The molecular weight excluding hydrogens is 216 g/mol. The summed E-state index contributed by atoms with van der Waals surface area (Å²) < 4.78 is 5.08. The van der Waals surface area contributed by atoms with Gasteiger partial charge in [0.1, 0.15) is 5.75 Å². The summed E-state index contributed by atoms with van der Waals surface area (Å²) in [5.41, 5.74) is 0.728. The monoisotopic (exact) mass is 236 g/mol. The number of carbonyl (C=O) groups is 1. The second-order valence-corrected chi connectivity index (χ2v) is 4.30. The second-order valence-electron chi connectivity index (χ2n) is 4.30. The molecule has 0 aliphatic carbocycles. The van der Waals surface area contributed by atoms with Crippen molar-refractivity contribution in [2.45, 2.75) is 20.3 Å². The van der Waals surface area contributed by atoms with Crippen LogP contribution in [0.15, 0.2) is 24.3 Å². The lowest BCUT2D eigenvalue weighted by atomic mass is 10.1. The summed E-state index contributed by atoms with van der Waals surface area (Å²) >= 11 is 0. The first-order valence-electron chi connectivity index (χ1n) is 5.80. The van der Waals surface area contributed by atoms with Gasteiger partial charge in [0, 0.05) is 18.3 Å². The van der Waals surface area contributed by atoms with E-state index >= 15 is 0 Å². The van der Waals surface area contributed by atoms with Gasteiger partial charge in [-0.1, -0.05) is 19.9 Å². The molecule has 1 aromatic rings. The lowest BCUT2D eigenvalue weighted by Crippen LogP contribution is -2.30. The second kappa shape index (κ2) is 6.78. The first kappa shape index (κ1) is 13.4. The molecule has 0 spiro atoms. The maximum atomic E-state index is 11.5. The number of hydrogen-bond donors (Lipinski definition) is 2. The van der Waals surface area contributed by atoms with E-state index in [1.807, 2.05) is 18.2 Å². The molecule has 4 nitrogen and oxygen atoms in total. The van der Waals surface area contributed by atoms with Crippen molar-refractivity contribution in [3.05, 3.63) is 24.3 Å². The standard InChI is InChI=1S/C13H20N2O2/c1-10(2)7-8-14-13(16)15-11-5-4-6-12(9-11)17-3/h4-6,9-10H,7-8H2,1-3H3,(H2,14,15,16). The average molecular weight is 236 g/mol. The highest BCUT2D eigenvalue weighted by Gasteiger charge is 2.02. The minimum atomic E-state index is -0.182. The van der Waals surface area contributed by atoms with E-state index in [0.29, 0.717) is 12.5 Å². The van der Waals surface area contributed by atoms with Crippen molar-refractivity contribution in [3.63, 3.8) is 0 Å². The number of carbonyl (C=O) groups excluding carboxylic acids is 1. The van der Waals surface area contributed by atoms with Crippen molar-refractivity contribution in [3.8, 4) is 5.75 Å². The van der Waals surface area contributed by atoms with E-state index in [1.165, 1.54) is 0 Å². The quantitative estimate of drug-likeness (QED) is 0.826. The van der Waals surface area contributed by atoms with E-state index in [4.69, 9.17) is 4.74 Å². The summed E-state index contributed by atoms with van der Waals surface area (Å²) in [6.45, 7) is 4.94. The molecule has 0 atom stereocenters. The maximum Gasteiger partial charge on any atom is 0.319 e. The first-order chi connectivity index (χ1) is 8.11. The number of amides is 2. The number of benzene rings is 1. The third-order valence-corrected chi connectivity index (χ3v) is 2.33. The smallest absolute Gasteiger partial charge is 0.319 e. The molecule has 94 valence electrons. The highest BCUT2D eigenvalue weighted by molar-refractivity contribution is 5.89. The van der Waals surface area contributed by atoms with E-state index in [-0.39, 0.29) is 6.03 Å². The molecule has 17 heavy (non-hydrogen) atoms.